The first-order chi connectivity index (χ1) is 15.3. The SMILES string of the molecule is O=C(N1CCOCC(Cc2cccc3[nH]ncc23)C1)C1(c2cccnc2)CCCCC1. The third kappa shape index (κ3) is 3.97. The van der Waals surface area contributed by atoms with Gasteiger partial charge in [-0.25, -0.2) is 0 Å². The summed E-state index contributed by atoms with van der Waals surface area (Å²) in [7, 11) is 0. The topological polar surface area (TPSA) is 71.1 Å². The maximum absolute atomic E-state index is 14.0. The summed E-state index contributed by atoms with van der Waals surface area (Å²) in [4.78, 5) is 20.4. The number of aromatic amines is 1. The van der Waals surface area contributed by atoms with Crippen LogP contribution in [-0.2, 0) is 21.4 Å². The number of carbonyl (C=O) groups is 1. The standard InChI is InChI=1S/C25H30N4O2/c30-24(25(9-2-1-3-10-25)21-7-5-11-26-15-21)29-12-13-31-18-19(17-29)14-20-6-4-8-23-22(20)16-27-28-23/h4-8,11,15-16,19H,1-3,9-10,12-14,17-18H2,(H,27,28). The molecule has 0 radical (unpaired) electrons. The van der Waals surface area contributed by atoms with Gasteiger partial charge in [-0.2, -0.15) is 5.10 Å². The zero-order valence-corrected chi connectivity index (χ0v) is 17.9. The molecule has 1 aliphatic carbocycles. The Hall–Kier alpha value is -2.73. The molecule has 1 aliphatic heterocycles. The molecule has 1 saturated carbocycles. The second kappa shape index (κ2) is 8.79. The number of hydrogen-bond donors (Lipinski definition) is 1. The van der Waals surface area contributed by atoms with Crippen LogP contribution in [0, 0.1) is 5.92 Å². The Balaban J connectivity index is 1.39. The molecule has 3 heterocycles. The molecular weight excluding hydrogens is 388 g/mol. The summed E-state index contributed by atoms with van der Waals surface area (Å²) in [6.07, 6.45) is 11.7. The van der Waals surface area contributed by atoms with Crippen molar-refractivity contribution < 1.29 is 9.53 Å². The van der Waals surface area contributed by atoms with Crippen molar-refractivity contribution in [3.63, 3.8) is 0 Å². The third-order valence-electron chi connectivity index (χ3n) is 7.04. The highest BCUT2D eigenvalue weighted by molar-refractivity contribution is 5.88. The summed E-state index contributed by atoms with van der Waals surface area (Å²) in [6, 6.07) is 10.3. The van der Waals surface area contributed by atoms with E-state index in [2.05, 4.69) is 38.3 Å². The maximum Gasteiger partial charge on any atom is 0.233 e. The molecule has 0 bridgehead atoms. The van der Waals surface area contributed by atoms with Crippen molar-refractivity contribution in [2.45, 2.75) is 43.9 Å². The van der Waals surface area contributed by atoms with Gasteiger partial charge in [-0.1, -0.05) is 37.5 Å². The first-order valence-corrected chi connectivity index (χ1v) is 11.4. The minimum Gasteiger partial charge on any atom is -0.379 e. The van der Waals surface area contributed by atoms with Gasteiger partial charge in [-0.3, -0.25) is 14.9 Å². The molecule has 1 saturated heterocycles. The number of carbonyl (C=O) groups excluding carboxylic acids is 1. The van der Waals surface area contributed by atoms with Gasteiger partial charge in [0, 0.05) is 36.8 Å². The van der Waals surface area contributed by atoms with Crippen LogP contribution in [0.4, 0.5) is 0 Å². The molecule has 162 valence electrons. The van der Waals surface area contributed by atoms with E-state index in [4.69, 9.17) is 4.74 Å². The fourth-order valence-corrected chi connectivity index (χ4v) is 5.44. The van der Waals surface area contributed by atoms with Crippen molar-refractivity contribution in [1.29, 1.82) is 0 Å². The van der Waals surface area contributed by atoms with E-state index >= 15 is 0 Å². The molecule has 5 rings (SSSR count). The predicted molar refractivity (Wildman–Crippen MR) is 120 cm³/mol. The Bertz CT molecular complexity index is 1030. The molecule has 6 nitrogen and oxygen atoms in total. The molecule has 1 N–H and O–H groups in total. The molecule has 2 aromatic heterocycles. The molecule has 0 spiro atoms. The second-order valence-electron chi connectivity index (χ2n) is 9.03. The van der Waals surface area contributed by atoms with Crippen molar-refractivity contribution in [2.75, 3.05) is 26.3 Å². The summed E-state index contributed by atoms with van der Waals surface area (Å²) in [6.45, 7) is 2.67. The van der Waals surface area contributed by atoms with Gasteiger partial charge in [0.15, 0.2) is 0 Å². The maximum atomic E-state index is 14.0. The lowest BCUT2D eigenvalue weighted by molar-refractivity contribution is -0.139. The second-order valence-corrected chi connectivity index (χ2v) is 9.03. The van der Waals surface area contributed by atoms with Crippen molar-refractivity contribution in [3.8, 4) is 0 Å². The average Bonchev–Trinajstić information content (AvgIpc) is 3.20. The molecule has 1 unspecified atom stereocenters. The number of nitrogens with zero attached hydrogens (tertiary/aromatic N) is 3. The molecule has 2 aliphatic rings. The average molecular weight is 419 g/mol. The highest BCUT2D eigenvalue weighted by Crippen LogP contribution is 2.41. The van der Waals surface area contributed by atoms with Crippen LogP contribution in [0.2, 0.25) is 0 Å². The first kappa shape index (κ1) is 20.2. The van der Waals surface area contributed by atoms with Gasteiger partial charge in [0.1, 0.15) is 0 Å². The van der Waals surface area contributed by atoms with Gasteiger partial charge in [0.2, 0.25) is 5.91 Å². The van der Waals surface area contributed by atoms with Crippen molar-refractivity contribution in [3.05, 3.63) is 60.0 Å². The van der Waals surface area contributed by atoms with Crippen LogP contribution in [0.1, 0.15) is 43.2 Å². The van der Waals surface area contributed by atoms with Crippen LogP contribution < -0.4 is 0 Å². The summed E-state index contributed by atoms with van der Waals surface area (Å²) in [5, 5.41) is 8.40. The molecule has 1 aromatic carbocycles. The number of hydrogen-bond acceptors (Lipinski definition) is 4. The lowest BCUT2D eigenvalue weighted by atomic mass is 9.68. The Labute approximate surface area is 183 Å². The monoisotopic (exact) mass is 418 g/mol. The Morgan fingerprint density at radius 1 is 1.16 bits per heavy atom. The van der Waals surface area contributed by atoms with E-state index in [1.807, 2.05) is 24.5 Å². The van der Waals surface area contributed by atoms with Gasteiger partial charge in [-0.15, -0.1) is 0 Å². The van der Waals surface area contributed by atoms with Crippen molar-refractivity contribution >= 4 is 16.8 Å². The molecule has 31 heavy (non-hydrogen) atoms. The van der Waals surface area contributed by atoms with Gasteiger partial charge in [-0.05, 0) is 42.5 Å². The number of benzene rings is 1. The van der Waals surface area contributed by atoms with E-state index in [9.17, 15) is 4.79 Å². The quantitative estimate of drug-likeness (QED) is 0.698. The number of H-pyrrole nitrogens is 1. The number of ether oxygens (including phenoxy) is 1. The van der Waals surface area contributed by atoms with Crippen LogP contribution >= 0.6 is 0 Å². The highest BCUT2D eigenvalue weighted by atomic mass is 16.5. The lowest BCUT2D eigenvalue weighted by Gasteiger charge is -2.40. The van der Waals surface area contributed by atoms with Crippen LogP contribution in [0.3, 0.4) is 0 Å². The molecule has 3 aromatic rings. The first-order valence-electron chi connectivity index (χ1n) is 11.4. The minimum absolute atomic E-state index is 0.261. The van der Waals surface area contributed by atoms with E-state index < -0.39 is 5.41 Å². The normalized spacial score (nSPS) is 21.7. The summed E-state index contributed by atoms with van der Waals surface area (Å²) < 4.78 is 5.95. The minimum atomic E-state index is -0.439. The van der Waals surface area contributed by atoms with E-state index in [0.717, 1.165) is 55.1 Å². The number of rotatable bonds is 4. The largest absolute Gasteiger partial charge is 0.379 e. The van der Waals surface area contributed by atoms with E-state index in [1.165, 1.54) is 12.0 Å². The van der Waals surface area contributed by atoms with E-state index in [1.54, 1.807) is 6.20 Å². The van der Waals surface area contributed by atoms with Crippen LogP contribution in [-0.4, -0.2) is 52.3 Å². The summed E-state index contributed by atoms with van der Waals surface area (Å²) in [5.74, 6) is 0.527. The molecule has 1 atom stereocenters. The van der Waals surface area contributed by atoms with Crippen LogP contribution in [0.5, 0.6) is 0 Å². The zero-order valence-electron chi connectivity index (χ0n) is 17.9. The summed E-state index contributed by atoms with van der Waals surface area (Å²) in [5.41, 5.74) is 2.95. The van der Waals surface area contributed by atoms with Crippen LogP contribution in [0.25, 0.3) is 10.9 Å². The number of amides is 1. The number of nitrogens with one attached hydrogen (secondary N) is 1. The number of aromatic nitrogens is 3. The molecule has 2 fully saturated rings. The third-order valence-corrected chi connectivity index (χ3v) is 7.04. The Kier molecular flexibility index (Phi) is 5.72. The Morgan fingerprint density at radius 2 is 2.06 bits per heavy atom. The van der Waals surface area contributed by atoms with E-state index in [-0.39, 0.29) is 11.8 Å². The fraction of sp³-hybridized carbons (Fsp3) is 0.480. The highest BCUT2D eigenvalue weighted by Gasteiger charge is 2.44. The zero-order chi connectivity index (χ0) is 21.1. The smallest absolute Gasteiger partial charge is 0.233 e. The van der Waals surface area contributed by atoms with Crippen molar-refractivity contribution in [2.24, 2.45) is 5.92 Å². The predicted octanol–water partition coefficient (Wildman–Crippen LogP) is 3.88. The van der Waals surface area contributed by atoms with Gasteiger partial charge in [0.25, 0.3) is 0 Å². The number of fused-ring (bicyclic) bond motifs is 1. The van der Waals surface area contributed by atoms with Gasteiger partial charge < -0.3 is 9.64 Å². The Morgan fingerprint density at radius 3 is 2.90 bits per heavy atom. The lowest BCUT2D eigenvalue weighted by Crippen LogP contribution is -2.50. The molecule has 1 amide bonds. The van der Waals surface area contributed by atoms with E-state index in [0.29, 0.717) is 19.8 Å². The molecular formula is C25H30N4O2. The van der Waals surface area contributed by atoms with Gasteiger partial charge in [0.05, 0.1) is 30.3 Å². The number of pyridine rings is 1. The van der Waals surface area contributed by atoms with Gasteiger partial charge >= 0.3 is 0 Å². The summed E-state index contributed by atoms with van der Waals surface area (Å²) >= 11 is 0. The fourth-order valence-electron chi connectivity index (χ4n) is 5.44. The van der Waals surface area contributed by atoms with Crippen LogP contribution in [0.15, 0.2) is 48.9 Å². The van der Waals surface area contributed by atoms with Crippen molar-refractivity contribution in [1.82, 2.24) is 20.1 Å². The molecule has 6 heteroatoms.